The molecule has 0 saturated carbocycles. The quantitative estimate of drug-likeness (QED) is 0.839. The van der Waals surface area contributed by atoms with Crippen LogP contribution in [0, 0.1) is 0 Å². The molecule has 0 atom stereocenters. The molecule has 2 aromatic carbocycles. The summed E-state index contributed by atoms with van der Waals surface area (Å²) >= 11 is 0. The zero-order chi connectivity index (χ0) is 13.1. The number of carbonyl (C=O) groups excluding carboxylic acids is 1. The highest BCUT2D eigenvalue weighted by Crippen LogP contribution is 2.38. The first kappa shape index (κ1) is 12.4. The van der Waals surface area contributed by atoms with Crippen LogP contribution in [0.2, 0.25) is 0 Å². The van der Waals surface area contributed by atoms with Crippen molar-refractivity contribution < 1.29 is 14.6 Å². The summed E-state index contributed by atoms with van der Waals surface area (Å²) in [5.41, 5.74) is 1.58. The number of benzene rings is 2. The minimum atomic E-state index is 0.113. The van der Waals surface area contributed by atoms with Crippen molar-refractivity contribution >= 4 is 17.1 Å². The Bertz CT molecular complexity index is 588. The largest absolute Gasteiger partial charge is 0.504 e. The molecular formula is C15H16O3. The third-order valence-corrected chi connectivity index (χ3v) is 3.08. The number of aryl methyl sites for hydroxylation is 1. The molecular weight excluding hydrogens is 228 g/mol. The highest BCUT2D eigenvalue weighted by atomic mass is 16.5. The number of phenols is 1. The number of fused-ring (bicyclic) bond motifs is 1. The molecule has 18 heavy (non-hydrogen) atoms. The van der Waals surface area contributed by atoms with Crippen LogP contribution >= 0.6 is 0 Å². The van der Waals surface area contributed by atoms with Gasteiger partial charge in [-0.25, -0.2) is 0 Å². The number of hydrogen-bond donors (Lipinski definition) is 1. The summed E-state index contributed by atoms with van der Waals surface area (Å²) in [6.45, 7) is 2.08. The maximum Gasteiger partial charge on any atom is 0.165 e. The summed E-state index contributed by atoms with van der Waals surface area (Å²) in [6, 6.07) is 7.30. The van der Waals surface area contributed by atoms with Gasteiger partial charge in [-0.05, 0) is 23.4 Å². The summed E-state index contributed by atoms with van der Waals surface area (Å²) in [6.07, 6.45) is 2.63. The van der Waals surface area contributed by atoms with E-state index in [0.29, 0.717) is 11.3 Å². The van der Waals surface area contributed by atoms with E-state index in [9.17, 15) is 9.90 Å². The van der Waals surface area contributed by atoms with Crippen molar-refractivity contribution in [2.24, 2.45) is 0 Å². The van der Waals surface area contributed by atoms with Crippen LogP contribution in [0.5, 0.6) is 11.5 Å². The van der Waals surface area contributed by atoms with E-state index in [1.165, 1.54) is 7.11 Å². The van der Waals surface area contributed by atoms with E-state index >= 15 is 0 Å². The fraction of sp³-hybridized carbons (Fsp3) is 0.267. The molecule has 0 aromatic heterocycles. The molecule has 0 radical (unpaired) electrons. The number of carbonyl (C=O) groups is 1. The number of aldehydes is 1. The first-order chi connectivity index (χ1) is 8.72. The van der Waals surface area contributed by atoms with Gasteiger partial charge in [0.05, 0.1) is 7.11 Å². The molecule has 94 valence electrons. The molecule has 1 N–H and O–H groups in total. The fourth-order valence-electron chi connectivity index (χ4n) is 2.26. The predicted molar refractivity (Wildman–Crippen MR) is 71.5 cm³/mol. The van der Waals surface area contributed by atoms with Gasteiger partial charge in [-0.2, -0.15) is 0 Å². The van der Waals surface area contributed by atoms with E-state index in [4.69, 9.17) is 4.74 Å². The Morgan fingerprint density at radius 1 is 1.39 bits per heavy atom. The summed E-state index contributed by atoms with van der Waals surface area (Å²) in [5, 5.41) is 11.7. The minimum absolute atomic E-state index is 0.113. The first-order valence-corrected chi connectivity index (χ1v) is 5.99. The van der Waals surface area contributed by atoms with E-state index in [1.807, 2.05) is 18.2 Å². The van der Waals surface area contributed by atoms with Crippen molar-refractivity contribution in [3.63, 3.8) is 0 Å². The SMILES string of the molecule is CCCc1cccc2c(C=O)cc(OC)c(O)c12. The summed E-state index contributed by atoms with van der Waals surface area (Å²) in [7, 11) is 1.48. The molecule has 3 heteroatoms. The Balaban J connectivity index is 2.86. The van der Waals surface area contributed by atoms with Gasteiger partial charge in [0.15, 0.2) is 17.8 Å². The Morgan fingerprint density at radius 2 is 2.17 bits per heavy atom. The van der Waals surface area contributed by atoms with Gasteiger partial charge in [0, 0.05) is 10.9 Å². The monoisotopic (exact) mass is 244 g/mol. The second kappa shape index (κ2) is 5.08. The lowest BCUT2D eigenvalue weighted by Gasteiger charge is -2.12. The lowest BCUT2D eigenvalue weighted by molar-refractivity contribution is 0.112. The Morgan fingerprint density at radius 3 is 2.78 bits per heavy atom. The normalized spacial score (nSPS) is 10.6. The summed E-state index contributed by atoms with van der Waals surface area (Å²) in [5.74, 6) is 0.454. The molecule has 0 fully saturated rings. The molecule has 3 nitrogen and oxygen atoms in total. The zero-order valence-electron chi connectivity index (χ0n) is 10.6. The smallest absolute Gasteiger partial charge is 0.165 e. The van der Waals surface area contributed by atoms with Crippen molar-refractivity contribution in [3.05, 3.63) is 35.4 Å². The third kappa shape index (κ3) is 1.92. The second-order valence-electron chi connectivity index (χ2n) is 4.22. The van der Waals surface area contributed by atoms with Crippen LogP contribution in [-0.4, -0.2) is 18.5 Å². The number of phenolic OH excluding ortho intramolecular Hbond substituents is 1. The number of aromatic hydroxyl groups is 1. The number of rotatable bonds is 4. The molecule has 0 unspecified atom stereocenters. The zero-order valence-corrected chi connectivity index (χ0v) is 10.6. The summed E-state index contributed by atoms with van der Waals surface area (Å²) in [4.78, 5) is 11.1. The first-order valence-electron chi connectivity index (χ1n) is 5.99. The molecule has 0 amide bonds. The molecule has 2 aromatic rings. The van der Waals surface area contributed by atoms with Crippen LogP contribution < -0.4 is 4.74 Å². The predicted octanol–water partition coefficient (Wildman–Crippen LogP) is 3.32. The maximum absolute atomic E-state index is 11.1. The van der Waals surface area contributed by atoms with Gasteiger partial charge in [0.25, 0.3) is 0 Å². The lowest BCUT2D eigenvalue weighted by atomic mass is 9.96. The van der Waals surface area contributed by atoms with Crippen LogP contribution in [0.25, 0.3) is 10.8 Å². The number of methoxy groups -OCH3 is 1. The van der Waals surface area contributed by atoms with Gasteiger partial charge in [-0.15, -0.1) is 0 Å². The molecule has 0 saturated heterocycles. The lowest BCUT2D eigenvalue weighted by Crippen LogP contribution is -1.94. The van der Waals surface area contributed by atoms with Crippen LogP contribution in [0.15, 0.2) is 24.3 Å². The molecule has 0 spiro atoms. The number of ether oxygens (including phenoxy) is 1. The van der Waals surface area contributed by atoms with Crippen LogP contribution in [0.4, 0.5) is 0 Å². The number of hydrogen-bond acceptors (Lipinski definition) is 3. The van der Waals surface area contributed by atoms with E-state index in [2.05, 4.69) is 6.92 Å². The van der Waals surface area contributed by atoms with Crippen LogP contribution in [0.3, 0.4) is 0 Å². The van der Waals surface area contributed by atoms with Crippen molar-refractivity contribution in [1.82, 2.24) is 0 Å². The highest BCUT2D eigenvalue weighted by molar-refractivity contribution is 6.04. The van der Waals surface area contributed by atoms with Gasteiger partial charge in [-0.1, -0.05) is 31.5 Å². The van der Waals surface area contributed by atoms with Crippen molar-refractivity contribution in [2.75, 3.05) is 7.11 Å². The van der Waals surface area contributed by atoms with Crippen molar-refractivity contribution in [3.8, 4) is 11.5 Å². The van der Waals surface area contributed by atoms with Gasteiger partial charge in [-0.3, -0.25) is 4.79 Å². The second-order valence-corrected chi connectivity index (χ2v) is 4.22. The van der Waals surface area contributed by atoms with E-state index in [1.54, 1.807) is 6.07 Å². The minimum Gasteiger partial charge on any atom is -0.504 e. The van der Waals surface area contributed by atoms with Gasteiger partial charge in [0.1, 0.15) is 0 Å². The van der Waals surface area contributed by atoms with Gasteiger partial charge in [0.2, 0.25) is 0 Å². The molecule has 0 aliphatic carbocycles. The Labute approximate surface area is 106 Å². The van der Waals surface area contributed by atoms with Gasteiger partial charge >= 0.3 is 0 Å². The third-order valence-electron chi connectivity index (χ3n) is 3.08. The van der Waals surface area contributed by atoms with Gasteiger partial charge < -0.3 is 9.84 Å². The standard InChI is InChI=1S/C15H16O3/c1-3-5-10-6-4-7-12-11(9-16)8-13(18-2)15(17)14(10)12/h4,6-9,17H,3,5H2,1-2H3. The molecule has 0 bridgehead atoms. The molecule has 0 aliphatic rings. The highest BCUT2D eigenvalue weighted by Gasteiger charge is 2.14. The topological polar surface area (TPSA) is 46.5 Å². The van der Waals surface area contributed by atoms with E-state index in [-0.39, 0.29) is 5.75 Å². The maximum atomic E-state index is 11.1. The average molecular weight is 244 g/mol. The molecule has 0 aliphatic heterocycles. The summed E-state index contributed by atoms with van der Waals surface area (Å²) < 4.78 is 5.12. The van der Waals surface area contributed by atoms with Crippen LogP contribution in [0.1, 0.15) is 29.3 Å². The fourth-order valence-corrected chi connectivity index (χ4v) is 2.26. The van der Waals surface area contributed by atoms with Crippen LogP contribution in [-0.2, 0) is 6.42 Å². The molecule has 2 rings (SSSR count). The Hall–Kier alpha value is -2.03. The van der Waals surface area contributed by atoms with E-state index < -0.39 is 0 Å². The van der Waals surface area contributed by atoms with Crippen molar-refractivity contribution in [1.29, 1.82) is 0 Å². The Kier molecular flexibility index (Phi) is 3.51. The van der Waals surface area contributed by atoms with Crippen molar-refractivity contribution in [2.45, 2.75) is 19.8 Å². The van der Waals surface area contributed by atoms with E-state index in [0.717, 1.165) is 35.5 Å². The average Bonchev–Trinajstić information content (AvgIpc) is 2.40. The molecule has 0 heterocycles.